The molecule has 0 fully saturated rings. The molecule has 0 saturated carbocycles. The van der Waals surface area contributed by atoms with Crippen LogP contribution in [0.5, 0.6) is 0 Å². The first kappa shape index (κ1) is 17.0. The Morgan fingerprint density at radius 2 is 2.00 bits per heavy atom. The van der Waals surface area contributed by atoms with E-state index in [1.54, 1.807) is 0 Å². The highest BCUT2D eigenvalue weighted by molar-refractivity contribution is 7.98. The van der Waals surface area contributed by atoms with Gasteiger partial charge in [-0.2, -0.15) is 11.8 Å². The Morgan fingerprint density at radius 1 is 1.19 bits per heavy atom. The molecular formula is C16H22Cl2N2S. The highest BCUT2D eigenvalue weighted by Gasteiger charge is 2.10. The molecule has 0 aliphatic heterocycles. The molecule has 1 aromatic heterocycles. The maximum atomic E-state index is 6.13. The number of benzene rings is 1. The Hall–Kier alpha value is -0.380. The summed E-state index contributed by atoms with van der Waals surface area (Å²) in [5.74, 6) is 2.94. The number of rotatable bonds is 9. The average molecular weight is 345 g/mol. The fourth-order valence-corrected chi connectivity index (χ4v) is 3.37. The molecule has 2 nitrogen and oxygen atoms in total. The number of fused-ring (bicyclic) bond motifs is 1. The number of nitrogens with zero attached hydrogens (tertiary/aromatic N) is 2. The molecule has 1 aromatic carbocycles. The van der Waals surface area contributed by atoms with Gasteiger partial charge < -0.3 is 4.57 Å². The van der Waals surface area contributed by atoms with Gasteiger partial charge in [0.25, 0.3) is 0 Å². The summed E-state index contributed by atoms with van der Waals surface area (Å²) in [6.07, 6.45) is 8.04. The van der Waals surface area contributed by atoms with Gasteiger partial charge >= 0.3 is 0 Å². The number of hydrogen-bond donors (Lipinski definition) is 0. The lowest BCUT2D eigenvalue weighted by Crippen LogP contribution is -2.05. The number of thioether (sulfide) groups is 1. The van der Waals surface area contributed by atoms with E-state index in [4.69, 9.17) is 23.2 Å². The molecule has 1 heterocycles. The second-order valence-corrected chi connectivity index (χ2v) is 6.96. The average Bonchev–Trinajstić information content (AvgIpc) is 2.80. The lowest BCUT2D eigenvalue weighted by molar-refractivity contribution is 0.578. The highest BCUT2D eigenvalue weighted by atomic mass is 35.5. The van der Waals surface area contributed by atoms with E-state index in [1.165, 1.54) is 31.4 Å². The molecule has 2 aromatic rings. The molecule has 21 heavy (non-hydrogen) atoms. The number of hydrogen-bond acceptors (Lipinski definition) is 2. The first-order valence-corrected chi connectivity index (χ1v) is 9.76. The van der Waals surface area contributed by atoms with E-state index in [0.29, 0.717) is 5.88 Å². The molecular weight excluding hydrogens is 323 g/mol. The summed E-state index contributed by atoms with van der Waals surface area (Å²) in [7, 11) is 0. The van der Waals surface area contributed by atoms with Gasteiger partial charge in [-0.25, -0.2) is 4.98 Å². The maximum Gasteiger partial charge on any atom is 0.111 e. The van der Waals surface area contributed by atoms with Crippen LogP contribution >= 0.6 is 35.0 Å². The van der Waals surface area contributed by atoms with Gasteiger partial charge in [-0.05, 0) is 43.0 Å². The standard InChI is InChI=1S/C16H22Cl2N2S/c1-21-11-5-3-2-4-10-20-15-12-13(18)6-7-14(15)19-16(20)8-9-17/h6-7,12H,2-5,8-11H2,1H3. The monoisotopic (exact) mass is 344 g/mol. The van der Waals surface area contributed by atoms with Crippen molar-refractivity contribution in [2.75, 3.05) is 17.9 Å². The Kier molecular flexibility index (Phi) is 7.21. The van der Waals surface area contributed by atoms with Crippen LogP contribution in [0.4, 0.5) is 0 Å². The van der Waals surface area contributed by atoms with Gasteiger partial charge in [-0.1, -0.05) is 24.4 Å². The summed E-state index contributed by atoms with van der Waals surface area (Å²) in [5.41, 5.74) is 2.15. The minimum Gasteiger partial charge on any atom is -0.328 e. The van der Waals surface area contributed by atoms with Crippen molar-refractivity contribution in [2.24, 2.45) is 0 Å². The van der Waals surface area contributed by atoms with Crippen LogP contribution in [0.25, 0.3) is 11.0 Å². The molecule has 0 radical (unpaired) electrons. The van der Waals surface area contributed by atoms with E-state index >= 15 is 0 Å². The zero-order valence-corrected chi connectivity index (χ0v) is 14.8. The van der Waals surface area contributed by atoms with Gasteiger partial charge in [0.2, 0.25) is 0 Å². The van der Waals surface area contributed by atoms with Crippen molar-refractivity contribution in [3.05, 3.63) is 29.0 Å². The van der Waals surface area contributed by atoms with E-state index in [1.807, 2.05) is 30.0 Å². The van der Waals surface area contributed by atoms with Crippen molar-refractivity contribution in [1.82, 2.24) is 9.55 Å². The second kappa shape index (κ2) is 8.92. The van der Waals surface area contributed by atoms with Gasteiger partial charge in [-0.3, -0.25) is 0 Å². The van der Waals surface area contributed by atoms with E-state index in [-0.39, 0.29) is 0 Å². The molecule has 0 unspecified atom stereocenters. The number of alkyl halides is 1. The number of imidazole rings is 1. The largest absolute Gasteiger partial charge is 0.328 e. The molecule has 116 valence electrons. The SMILES string of the molecule is CSCCCCCCn1c(CCCl)nc2ccc(Cl)cc21. The predicted molar refractivity (Wildman–Crippen MR) is 96.0 cm³/mol. The summed E-state index contributed by atoms with van der Waals surface area (Å²) in [6, 6.07) is 5.90. The Balaban J connectivity index is 2.05. The zero-order valence-electron chi connectivity index (χ0n) is 12.4. The summed E-state index contributed by atoms with van der Waals surface area (Å²) in [4.78, 5) is 4.69. The van der Waals surface area contributed by atoms with Crippen LogP contribution < -0.4 is 0 Å². The number of unbranched alkanes of at least 4 members (excludes halogenated alkanes) is 3. The van der Waals surface area contributed by atoms with Crippen LogP contribution in [0, 0.1) is 0 Å². The second-order valence-electron chi connectivity index (χ2n) is 5.16. The van der Waals surface area contributed by atoms with Crippen LogP contribution in [0.15, 0.2) is 18.2 Å². The van der Waals surface area contributed by atoms with E-state index in [2.05, 4.69) is 15.8 Å². The third kappa shape index (κ3) is 4.80. The van der Waals surface area contributed by atoms with Crippen molar-refractivity contribution in [1.29, 1.82) is 0 Å². The van der Waals surface area contributed by atoms with Crippen molar-refractivity contribution >= 4 is 46.0 Å². The van der Waals surface area contributed by atoms with E-state index < -0.39 is 0 Å². The summed E-state index contributed by atoms with van der Waals surface area (Å²) in [5, 5.41) is 0.765. The molecule has 0 atom stereocenters. The van der Waals surface area contributed by atoms with Gasteiger partial charge in [-0.15, -0.1) is 11.6 Å². The van der Waals surface area contributed by atoms with Crippen molar-refractivity contribution < 1.29 is 0 Å². The van der Waals surface area contributed by atoms with Crippen LogP contribution in [-0.2, 0) is 13.0 Å². The van der Waals surface area contributed by atoms with Crippen LogP contribution in [0.1, 0.15) is 31.5 Å². The third-order valence-corrected chi connectivity index (χ3v) is 4.71. The lowest BCUT2D eigenvalue weighted by Gasteiger charge is -2.08. The molecule has 5 heteroatoms. The smallest absolute Gasteiger partial charge is 0.111 e. The Labute approximate surface area is 141 Å². The quantitative estimate of drug-likeness (QED) is 0.448. The topological polar surface area (TPSA) is 17.8 Å². The van der Waals surface area contributed by atoms with Gasteiger partial charge in [0, 0.05) is 23.9 Å². The lowest BCUT2D eigenvalue weighted by atomic mass is 10.2. The Morgan fingerprint density at radius 3 is 2.76 bits per heavy atom. The molecule has 0 N–H and O–H groups in total. The normalized spacial score (nSPS) is 11.4. The van der Waals surface area contributed by atoms with Gasteiger partial charge in [0.05, 0.1) is 11.0 Å². The molecule has 0 amide bonds. The molecule has 0 aliphatic carbocycles. The predicted octanol–water partition coefficient (Wildman–Crippen LogP) is 5.39. The van der Waals surface area contributed by atoms with Crippen LogP contribution in [-0.4, -0.2) is 27.4 Å². The molecule has 0 saturated heterocycles. The minimum absolute atomic E-state index is 0.602. The number of aryl methyl sites for hydroxylation is 2. The van der Waals surface area contributed by atoms with Crippen molar-refractivity contribution in [3.63, 3.8) is 0 Å². The fourth-order valence-electron chi connectivity index (χ4n) is 2.54. The molecule has 2 rings (SSSR count). The Bertz CT molecular complexity index is 569. The van der Waals surface area contributed by atoms with Crippen molar-refractivity contribution in [3.8, 4) is 0 Å². The molecule has 0 aliphatic rings. The summed E-state index contributed by atoms with van der Waals surface area (Å²) < 4.78 is 2.29. The molecule has 0 bridgehead atoms. The van der Waals surface area contributed by atoms with E-state index in [0.717, 1.165) is 34.8 Å². The van der Waals surface area contributed by atoms with E-state index in [9.17, 15) is 0 Å². The highest BCUT2D eigenvalue weighted by Crippen LogP contribution is 2.22. The molecule has 0 spiro atoms. The van der Waals surface area contributed by atoms with Crippen LogP contribution in [0.2, 0.25) is 5.02 Å². The first-order valence-electron chi connectivity index (χ1n) is 7.46. The van der Waals surface area contributed by atoms with Crippen LogP contribution in [0.3, 0.4) is 0 Å². The number of aromatic nitrogens is 2. The minimum atomic E-state index is 0.602. The zero-order chi connectivity index (χ0) is 15.1. The summed E-state index contributed by atoms with van der Waals surface area (Å²) in [6.45, 7) is 1.00. The first-order chi connectivity index (χ1) is 10.3. The summed E-state index contributed by atoms with van der Waals surface area (Å²) >= 11 is 14.0. The third-order valence-electron chi connectivity index (χ3n) is 3.59. The van der Waals surface area contributed by atoms with Gasteiger partial charge in [0.15, 0.2) is 0 Å². The maximum absolute atomic E-state index is 6.13. The fraction of sp³-hybridized carbons (Fsp3) is 0.562. The van der Waals surface area contributed by atoms with Crippen molar-refractivity contribution in [2.45, 2.75) is 38.6 Å². The number of halogens is 2. The van der Waals surface area contributed by atoms with Gasteiger partial charge in [0.1, 0.15) is 5.82 Å².